The van der Waals surface area contributed by atoms with Gasteiger partial charge in [0, 0.05) is 13.1 Å². The second-order valence-electron chi connectivity index (χ2n) is 4.95. The lowest BCUT2D eigenvalue weighted by Crippen LogP contribution is -2.42. The number of likely N-dealkylation sites (N-methyl/N-ethyl adjacent to an activating group) is 2. The molecule has 24 heavy (non-hydrogen) atoms. The standard InChI is InChI=1S/C16H20Cl2N2O4/c1-3-19-14(21)9-20(4-2)15(22)10-24-16(23)8-11-5-6-12(17)13(18)7-11/h5-7H,3-4,8-10H2,1-2H3,(H,19,21). The molecule has 8 heteroatoms. The number of hydrogen-bond donors (Lipinski definition) is 1. The Labute approximate surface area is 151 Å². The van der Waals surface area contributed by atoms with E-state index >= 15 is 0 Å². The molecule has 0 atom stereocenters. The van der Waals surface area contributed by atoms with Gasteiger partial charge >= 0.3 is 5.97 Å². The van der Waals surface area contributed by atoms with Crippen molar-refractivity contribution >= 4 is 41.0 Å². The van der Waals surface area contributed by atoms with Crippen LogP contribution in [-0.2, 0) is 25.5 Å². The second kappa shape index (κ2) is 10.2. The summed E-state index contributed by atoms with van der Waals surface area (Å²) >= 11 is 11.7. The highest BCUT2D eigenvalue weighted by Crippen LogP contribution is 2.22. The SMILES string of the molecule is CCNC(=O)CN(CC)C(=O)COC(=O)Cc1ccc(Cl)c(Cl)c1. The Morgan fingerprint density at radius 1 is 1.17 bits per heavy atom. The number of benzene rings is 1. The number of nitrogens with zero attached hydrogens (tertiary/aromatic N) is 1. The number of ether oxygens (including phenoxy) is 1. The summed E-state index contributed by atoms with van der Waals surface area (Å²) < 4.78 is 4.96. The van der Waals surface area contributed by atoms with Gasteiger partial charge < -0.3 is 15.0 Å². The van der Waals surface area contributed by atoms with E-state index in [4.69, 9.17) is 27.9 Å². The molecular weight excluding hydrogens is 355 g/mol. The topological polar surface area (TPSA) is 75.7 Å². The zero-order chi connectivity index (χ0) is 18.1. The van der Waals surface area contributed by atoms with Crippen LogP contribution in [0.5, 0.6) is 0 Å². The van der Waals surface area contributed by atoms with Crippen LogP contribution >= 0.6 is 23.2 Å². The molecule has 1 aromatic rings. The predicted molar refractivity (Wildman–Crippen MR) is 92.1 cm³/mol. The van der Waals surface area contributed by atoms with Crippen molar-refractivity contribution in [2.45, 2.75) is 20.3 Å². The number of esters is 1. The average Bonchev–Trinajstić information content (AvgIpc) is 2.54. The van der Waals surface area contributed by atoms with Gasteiger partial charge in [0.1, 0.15) is 0 Å². The summed E-state index contributed by atoms with van der Waals surface area (Å²) in [7, 11) is 0. The van der Waals surface area contributed by atoms with E-state index < -0.39 is 18.5 Å². The Hall–Kier alpha value is -1.79. The number of rotatable bonds is 8. The molecule has 0 heterocycles. The number of nitrogens with one attached hydrogen (secondary N) is 1. The van der Waals surface area contributed by atoms with E-state index in [1.807, 2.05) is 0 Å². The smallest absolute Gasteiger partial charge is 0.310 e. The fourth-order valence-electron chi connectivity index (χ4n) is 1.90. The Bertz CT molecular complexity index is 608. The normalized spacial score (nSPS) is 10.2. The van der Waals surface area contributed by atoms with Crippen molar-refractivity contribution in [3.8, 4) is 0 Å². The van der Waals surface area contributed by atoms with Crippen molar-refractivity contribution in [2.75, 3.05) is 26.2 Å². The third kappa shape index (κ3) is 6.76. The summed E-state index contributed by atoms with van der Waals surface area (Å²) in [6.45, 7) is 3.90. The first-order valence-corrected chi connectivity index (χ1v) is 8.27. The van der Waals surface area contributed by atoms with Crippen LogP contribution in [0.4, 0.5) is 0 Å². The molecule has 0 saturated carbocycles. The minimum Gasteiger partial charge on any atom is -0.455 e. The largest absolute Gasteiger partial charge is 0.455 e. The first-order chi connectivity index (χ1) is 11.4. The maximum atomic E-state index is 12.0. The maximum Gasteiger partial charge on any atom is 0.310 e. The summed E-state index contributed by atoms with van der Waals surface area (Å²) in [5.74, 6) is -1.24. The van der Waals surface area contributed by atoms with Crippen LogP contribution in [0.1, 0.15) is 19.4 Å². The van der Waals surface area contributed by atoms with Crippen molar-refractivity contribution in [3.05, 3.63) is 33.8 Å². The molecule has 0 bridgehead atoms. The zero-order valence-corrected chi connectivity index (χ0v) is 15.1. The highest BCUT2D eigenvalue weighted by atomic mass is 35.5. The van der Waals surface area contributed by atoms with Gasteiger partial charge in [-0.3, -0.25) is 14.4 Å². The number of halogens is 2. The number of carbonyl (C=O) groups excluding carboxylic acids is 3. The van der Waals surface area contributed by atoms with Gasteiger partial charge in [0.25, 0.3) is 5.91 Å². The first-order valence-electron chi connectivity index (χ1n) is 7.51. The number of amides is 2. The minimum atomic E-state index is -0.559. The van der Waals surface area contributed by atoms with E-state index in [2.05, 4.69) is 5.32 Å². The molecule has 2 amide bonds. The van der Waals surface area contributed by atoms with Crippen molar-refractivity contribution in [2.24, 2.45) is 0 Å². The molecule has 1 N–H and O–H groups in total. The molecule has 0 aliphatic carbocycles. The molecule has 0 radical (unpaired) electrons. The van der Waals surface area contributed by atoms with Crippen molar-refractivity contribution in [3.63, 3.8) is 0 Å². The Balaban J connectivity index is 2.48. The van der Waals surface area contributed by atoms with E-state index in [1.165, 1.54) is 4.90 Å². The summed E-state index contributed by atoms with van der Waals surface area (Å²) in [5.41, 5.74) is 0.636. The van der Waals surface area contributed by atoms with Crippen LogP contribution in [0.25, 0.3) is 0 Å². The molecule has 6 nitrogen and oxygen atoms in total. The number of hydrogen-bond acceptors (Lipinski definition) is 4. The van der Waals surface area contributed by atoms with Crippen LogP contribution in [0.2, 0.25) is 10.0 Å². The molecule has 0 aromatic heterocycles. The zero-order valence-electron chi connectivity index (χ0n) is 13.6. The van der Waals surface area contributed by atoms with Gasteiger partial charge in [-0.1, -0.05) is 29.3 Å². The molecule has 0 spiro atoms. The second-order valence-corrected chi connectivity index (χ2v) is 5.76. The predicted octanol–water partition coefficient (Wildman–Crippen LogP) is 2.06. The molecule has 1 aromatic carbocycles. The monoisotopic (exact) mass is 374 g/mol. The van der Waals surface area contributed by atoms with E-state index in [0.29, 0.717) is 28.7 Å². The van der Waals surface area contributed by atoms with Gasteiger partial charge in [-0.15, -0.1) is 0 Å². The lowest BCUT2D eigenvalue weighted by molar-refractivity contribution is -0.152. The summed E-state index contributed by atoms with van der Waals surface area (Å²) in [6.07, 6.45) is -0.0212. The first kappa shape index (κ1) is 20.3. The molecule has 132 valence electrons. The van der Waals surface area contributed by atoms with Crippen molar-refractivity contribution < 1.29 is 19.1 Å². The lowest BCUT2D eigenvalue weighted by Gasteiger charge is -2.20. The summed E-state index contributed by atoms with van der Waals surface area (Å²) in [6, 6.07) is 4.81. The lowest BCUT2D eigenvalue weighted by atomic mass is 10.1. The highest BCUT2D eigenvalue weighted by Gasteiger charge is 2.17. The fraction of sp³-hybridized carbons (Fsp3) is 0.438. The van der Waals surface area contributed by atoms with E-state index in [9.17, 15) is 14.4 Å². The van der Waals surface area contributed by atoms with Crippen LogP contribution in [-0.4, -0.2) is 48.9 Å². The summed E-state index contributed by atoms with van der Waals surface area (Å²) in [4.78, 5) is 36.6. The average molecular weight is 375 g/mol. The van der Waals surface area contributed by atoms with Gasteiger partial charge in [-0.05, 0) is 31.5 Å². The van der Waals surface area contributed by atoms with Gasteiger partial charge in [0.2, 0.25) is 5.91 Å². The van der Waals surface area contributed by atoms with Crippen LogP contribution in [0.15, 0.2) is 18.2 Å². The van der Waals surface area contributed by atoms with Gasteiger partial charge in [-0.25, -0.2) is 0 Å². The highest BCUT2D eigenvalue weighted by molar-refractivity contribution is 6.42. The Morgan fingerprint density at radius 2 is 1.88 bits per heavy atom. The van der Waals surface area contributed by atoms with Crippen LogP contribution in [0.3, 0.4) is 0 Å². The molecule has 0 saturated heterocycles. The molecule has 0 aliphatic rings. The van der Waals surface area contributed by atoms with Gasteiger partial charge in [0.05, 0.1) is 23.0 Å². The molecule has 0 aliphatic heterocycles. The fourth-order valence-corrected chi connectivity index (χ4v) is 2.22. The minimum absolute atomic E-state index is 0.0212. The van der Waals surface area contributed by atoms with E-state index in [0.717, 1.165) is 0 Å². The van der Waals surface area contributed by atoms with Crippen LogP contribution < -0.4 is 5.32 Å². The number of carbonyl (C=O) groups is 3. The molecular formula is C16H20Cl2N2O4. The Morgan fingerprint density at radius 3 is 2.46 bits per heavy atom. The quantitative estimate of drug-likeness (QED) is 0.706. The van der Waals surface area contributed by atoms with Crippen LogP contribution in [0, 0.1) is 0 Å². The maximum absolute atomic E-state index is 12.0. The third-order valence-electron chi connectivity index (χ3n) is 3.13. The van der Waals surface area contributed by atoms with E-state index in [-0.39, 0.29) is 18.9 Å². The van der Waals surface area contributed by atoms with Crippen molar-refractivity contribution in [1.82, 2.24) is 10.2 Å². The molecule has 0 fully saturated rings. The third-order valence-corrected chi connectivity index (χ3v) is 3.87. The molecule has 1 rings (SSSR count). The van der Waals surface area contributed by atoms with Crippen molar-refractivity contribution in [1.29, 1.82) is 0 Å². The van der Waals surface area contributed by atoms with Gasteiger partial charge in [0.15, 0.2) is 6.61 Å². The van der Waals surface area contributed by atoms with E-state index in [1.54, 1.807) is 32.0 Å². The summed E-state index contributed by atoms with van der Waals surface area (Å²) in [5, 5.41) is 3.35. The molecule has 0 unspecified atom stereocenters. The Kier molecular flexibility index (Phi) is 8.57. The van der Waals surface area contributed by atoms with Gasteiger partial charge in [-0.2, -0.15) is 0 Å².